The zero-order valence-corrected chi connectivity index (χ0v) is 17.0. The van der Waals surface area contributed by atoms with Gasteiger partial charge in [-0.25, -0.2) is 15.0 Å². The van der Waals surface area contributed by atoms with Crippen LogP contribution in [-0.4, -0.2) is 28.0 Å². The lowest BCUT2D eigenvalue weighted by Gasteiger charge is -2.18. The maximum Gasteiger partial charge on any atom is 0.230 e. The summed E-state index contributed by atoms with van der Waals surface area (Å²) in [5.74, 6) is 0.531. The van der Waals surface area contributed by atoms with Crippen molar-refractivity contribution in [1.82, 2.24) is 20.3 Å². The molecule has 140 valence electrons. The van der Waals surface area contributed by atoms with Crippen LogP contribution in [0.25, 0.3) is 21.1 Å². The first-order valence-electron chi connectivity index (χ1n) is 8.73. The minimum Gasteiger partial charge on any atom is -0.359 e. The molecule has 0 atom stereocenters. The van der Waals surface area contributed by atoms with E-state index in [1.807, 2.05) is 13.0 Å². The van der Waals surface area contributed by atoms with Crippen molar-refractivity contribution >= 4 is 23.2 Å². The number of aryl methyl sites for hydroxylation is 1. The van der Waals surface area contributed by atoms with Crippen LogP contribution in [0.15, 0.2) is 36.5 Å². The van der Waals surface area contributed by atoms with Crippen LogP contribution in [0.5, 0.6) is 0 Å². The highest BCUT2D eigenvalue weighted by Crippen LogP contribution is 2.35. The molecule has 7 heteroatoms. The van der Waals surface area contributed by atoms with Crippen molar-refractivity contribution in [3.05, 3.63) is 47.8 Å². The average molecular weight is 381 g/mol. The summed E-state index contributed by atoms with van der Waals surface area (Å²) in [5, 5.41) is 14.2. The van der Waals surface area contributed by atoms with Gasteiger partial charge in [-0.15, -0.1) is 11.3 Å². The van der Waals surface area contributed by atoms with E-state index in [9.17, 15) is 0 Å². The van der Waals surface area contributed by atoms with Gasteiger partial charge in [-0.3, -0.25) is 10.7 Å². The summed E-state index contributed by atoms with van der Waals surface area (Å²) in [5.41, 5.74) is 4.27. The molecule has 3 N–H and O–H groups in total. The number of nitrogens with one attached hydrogen (secondary N) is 3. The molecular formula is C20H24N6S. The highest BCUT2D eigenvalue weighted by molar-refractivity contribution is 7.18. The number of aromatic nitrogens is 3. The monoisotopic (exact) mass is 380 g/mol. The first-order chi connectivity index (χ1) is 12.8. The molecule has 0 fully saturated rings. The van der Waals surface area contributed by atoms with Gasteiger partial charge >= 0.3 is 0 Å². The van der Waals surface area contributed by atoms with Gasteiger partial charge in [0.25, 0.3) is 0 Å². The van der Waals surface area contributed by atoms with Crippen molar-refractivity contribution in [1.29, 1.82) is 5.41 Å². The summed E-state index contributed by atoms with van der Waals surface area (Å²) in [4.78, 5) is 14.4. The van der Waals surface area contributed by atoms with Crippen molar-refractivity contribution in [3.63, 3.8) is 0 Å². The van der Waals surface area contributed by atoms with Crippen LogP contribution in [-0.2, 0) is 5.41 Å². The number of anilines is 1. The van der Waals surface area contributed by atoms with E-state index in [0.717, 1.165) is 26.8 Å². The van der Waals surface area contributed by atoms with E-state index in [0.29, 0.717) is 5.95 Å². The van der Waals surface area contributed by atoms with Gasteiger partial charge in [-0.2, -0.15) is 0 Å². The number of thiazole rings is 1. The van der Waals surface area contributed by atoms with E-state index >= 15 is 0 Å². The first kappa shape index (κ1) is 19.0. The standard InChI is InChI=1S/C20H24N6S/c1-12-16(15-10-11-23-19(25-15)26-18(21)22-5)27-17(24-12)13-6-8-14(9-7-13)20(2,3)4/h6-11H,1-5H3,(H3,21,22,23,25,26). The van der Waals surface area contributed by atoms with Gasteiger partial charge in [0.05, 0.1) is 16.3 Å². The van der Waals surface area contributed by atoms with E-state index in [4.69, 9.17) is 10.4 Å². The van der Waals surface area contributed by atoms with Crippen LogP contribution in [0.2, 0.25) is 0 Å². The zero-order chi connectivity index (χ0) is 19.6. The SMILES string of the molecule is CNC(=N)Nc1nccc(-c2sc(-c3ccc(C(C)(C)C)cc3)nc2C)n1. The van der Waals surface area contributed by atoms with Crippen LogP contribution >= 0.6 is 11.3 Å². The molecule has 27 heavy (non-hydrogen) atoms. The molecule has 0 bridgehead atoms. The lowest BCUT2D eigenvalue weighted by atomic mass is 9.87. The molecule has 0 saturated heterocycles. The Balaban J connectivity index is 1.91. The predicted molar refractivity (Wildman–Crippen MR) is 112 cm³/mol. The molecule has 1 aromatic carbocycles. The van der Waals surface area contributed by atoms with Crippen LogP contribution < -0.4 is 10.6 Å². The normalized spacial score (nSPS) is 11.3. The van der Waals surface area contributed by atoms with Gasteiger partial charge < -0.3 is 5.32 Å². The van der Waals surface area contributed by atoms with E-state index in [1.165, 1.54) is 5.56 Å². The summed E-state index contributed by atoms with van der Waals surface area (Å²) in [6, 6.07) is 10.5. The summed E-state index contributed by atoms with van der Waals surface area (Å²) >= 11 is 1.61. The number of hydrogen-bond donors (Lipinski definition) is 3. The lowest BCUT2D eigenvalue weighted by molar-refractivity contribution is 0.590. The number of benzene rings is 1. The summed E-state index contributed by atoms with van der Waals surface area (Å²) in [7, 11) is 1.67. The minimum absolute atomic E-state index is 0.133. The Hall–Kier alpha value is -2.80. The van der Waals surface area contributed by atoms with Crippen molar-refractivity contribution in [2.24, 2.45) is 0 Å². The Morgan fingerprint density at radius 2 is 1.78 bits per heavy atom. The molecule has 3 rings (SSSR count). The third kappa shape index (κ3) is 4.31. The van der Waals surface area contributed by atoms with Crippen LogP contribution in [0, 0.1) is 12.3 Å². The molecule has 0 unspecified atom stereocenters. The van der Waals surface area contributed by atoms with E-state index in [-0.39, 0.29) is 11.4 Å². The van der Waals surface area contributed by atoms with Crippen LogP contribution in [0.3, 0.4) is 0 Å². The Kier molecular flexibility index (Phi) is 5.23. The zero-order valence-electron chi connectivity index (χ0n) is 16.2. The largest absolute Gasteiger partial charge is 0.359 e. The highest BCUT2D eigenvalue weighted by Gasteiger charge is 2.16. The molecule has 0 aliphatic carbocycles. The number of nitrogens with zero attached hydrogens (tertiary/aromatic N) is 3. The molecule has 0 amide bonds. The molecule has 0 aliphatic heterocycles. The number of rotatable bonds is 3. The average Bonchev–Trinajstić information content (AvgIpc) is 3.03. The quantitative estimate of drug-likeness (QED) is 0.462. The van der Waals surface area contributed by atoms with Gasteiger partial charge in [-0.1, -0.05) is 45.0 Å². The fraction of sp³-hybridized carbons (Fsp3) is 0.300. The fourth-order valence-corrected chi connectivity index (χ4v) is 3.63. The third-order valence-corrected chi connectivity index (χ3v) is 5.40. The maximum absolute atomic E-state index is 7.66. The van der Waals surface area contributed by atoms with Crippen LogP contribution in [0.1, 0.15) is 32.0 Å². The van der Waals surface area contributed by atoms with Crippen molar-refractivity contribution < 1.29 is 0 Å². The van der Waals surface area contributed by atoms with Crippen LogP contribution in [0.4, 0.5) is 5.95 Å². The van der Waals surface area contributed by atoms with Gasteiger partial charge in [0.2, 0.25) is 5.95 Å². The maximum atomic E-state index is 7.66. The second-order valence-corrected chi connectivity index (χ2v) is 8.28. The Labute approximate surface area is 163 Å². The summed E-state index contributed by atoms with van der Waals surface area (Å²) < 4.78 is 0. The molecule has 0 aliphatic rings. The Morgan fingerprint density at radius 1 is 1.07 bits per heavy atom. The summed E-state index contributed by atoms with van der Waals surface area (Å²) in [6.45, 7) is 8.62. The van der Waals surface area contributed by atoms with E-state index in [2.05, 4.69) is 65.6 Å². The minimum atomic E-state index is 0.133. The molecular weight excluding hydrogens is 356 g/mol. The second kappa shape index (κ2) is 7.44. The fourth-order valence-electron chi connectivity index (χ4n) is 2.59. The molecule has 0 saturated carbocycles. The highest BCUT2D eigenvalue weighted by atomic mass is 32.1. The van der Waals surface area contributed by atoms with Gasteiger partial charge in [0.15, 0.2) is 5.96 Å². The number of guanidine groups is 1. The topological polar surface area (TPSA) is 86.6 Å². The van der Waals surface area contributed by atoms with Gasteiger partial charge in [0.1, 0.15) is 5.01 Å². The second-order valence-electron chi connectivity index (χ2n) is 7.28. The van der Waals surface area contributed by atoms with Crippen molar-refractivity contribution in [3.8, 4) is 21.1 Å². The van der Waals surface area contributed by atoms with Gasteiger partial charge in [0, 0.05) is 18.8 Å². The van der Waals surface area contributed by atoms with Crippen molar-refractivity contribution in [2.45, 2.75) is 33.1 Å². The molecule has 2 heterocycles. The van der Waals surface area contributed by atoms with E-state index in [1.54, 1.807) is 24.6 Å². The smallest absolute Gasteiger partial charge is 0.230 e. The molecule has 0 radical (unpaired) electrons. The molecule has 6 nitrogen and oxygen atoms in total. The first-order valence-corrected chi connectivity index (χ1v) is 9.54. The van der Waals surface area contributed by atoms with Crippen molar-refractivity contribution in [2.75, 3.05) is 12.4 Å². The molecule has 3 aromatic rings. The third-order valence-electron chi connectivity index (χ3n) is 4.17. The van der Waals surface area contributed by atoms with E-state index < -0.39 is 0 Å². The van der Waals surface area contributed by atoms with Gasteiger partial charge in [-0.05, 0) is 24.0 Å². The Morgan fingerprint density at radius 3 is 2.41 bits per heavy atom. The lowest BCUT2D eigenvalue weighted by Crippen LogP contribution is -2.26. The number of hydrogen-bond acceptors (Lipinski definition) is 5. The predicted octanol–water partition coefficient (Wildman–Crippen LogP) is 4.44. The summed E-state index contributed by atoms with van der Waals surface area (Å²) in [6.07, 6.45) is 1.69. The Bertz CT molecular complexity index is 953. The molecule has 0 spiro atoms. The molecule has 2 aromatic heterocycles.